The van der Waals surface area contributed by atoms with Crippen LogP contribution in [0.3, 0.4) is 0 Å². The third-order valence-electron chi connectivity index (χ3n) is 1.86. The number of benzene rings is 1. The van der Waals surface area contributed by atoms with Gasteiger partial charge in [0.05, 0.1) is 23.5 Å². The lowest BCUT2D eigenvalue weighted by atomic mass is 10.2. The van der Waals surface area contributed by atoms with Crippen LogP contribution in [0.25, 0.3) is 0 Å². The Morgan fingerprint density at radius 3 is 2.50 bits per heavy atom. The number of hydrogen-bond acceptors (Lipinski definition) is 3. The topological polar surface area (TPSA) is 15.3 Å². The van der Waals surface area contributed by atoms with E-state index in [1.54, 1.807) is 12.1 Å². The van der Waals surface area contributed by atoms with Crippen molar-refractivity contribution >= 4 is 23.5 Å². The monoisotopic (exact) mass is 210 g/mol. The molecule has 1 N–H and O–H groups in total. The van der Waals surface area contributed by atoms with E-state index in [4.69, 9.17) is 0 Å². The maximum Gasteiger partial charge on any atom is 0.0729 e. The second kappa shape index (κ2) is 5.15. The van der Waals surface area contributed by atoms with Gasteiger partial charge in [-0.1, -0.05) is 26.0 Å². The molecule has 1 aliphatic heterocycles. The molecule has 0 bridgehead atoms. The molecule has 0 amide bonds. The Bertz CT molecular complexity index is 286. The maximum absolute atomic E-state index is 3.27. The first kappa shape index (κ1) is 11.2. The molecule has 0 radical (unpaired) electrons. The van der Waals surface area contributed by atoms with E-state index in [2.05, 4.69) is 47.1 Å². The molecule has 0 aromatic heterocycles. The zero-order valence-electron chi connectivity index (χ0n) is 9.24. The largest absolute Gasteiger partial charge is 0.310 e. The molecular weight excluding hydrogens is 192 g/mol. The fraction of sp³-hybridized carbons (Fsp3) is 0.455. The summed E-state index contributed by atoms with van der Waals surface area (Å²) in [7, 11) is 0. The lowest BCUT2D eigenvalue weighted by Gasteiger charge is -2.19. The summed E-state index contributed by atoms with van der Waals surface area (Å²) in [5.74, 6) is 0. The average molecular weight is 210 g/mol. The molecule has 1 heterocycles. The van der Waals surface area contributed by atoms with E-state index in [1.165, 1.54) is 11.4 Å². The van der Waals surface area contributed by atoms with Crippen LogP contribution in [-0.4, -0.2) is 6.04 Å². The molecular formula is C11H18N2S. The minimum absolute atomic E-state index is 0.533. The smallest absolute Gasteiger partial charge is 0.0729 e. The average Bonchev–Trinajstić information content (AvgIpc) is 2.64. The summed E-state index contributed by atoms with van der Waals surface area (Å²) in [5, 5.41) is 0. The van der Waals surface area contributed by atoms with Crippen molar-refractivity contribution in [1.82, 2.24) is 0 Å². The molecule has 0 fully saturated rings. The van der Waals surface area contributed by atoms with E-state index >= 15 is 0 Å². The predicted molar refractivity (Wildman–Crippen MR) is 66.6 cm³/mol. The van der Waals surface area contributed by atoms with Crippen molar-refractivity contribution in [2.45, 2.75) is 33.7 Å². The molecule has 0 atom stereocenters. The summed E-state index contributed by atoms with van der Waals surface area (Å²) < 4.78 is 5.55. The normalized spacial score (nSPS) is 13.1. The van der Waals surface area contributed by atoms with Crippen molar-refractivity contribution in [2.75, 3.05) is 9.03 Å². The first-order chi connectivity index (χ1) is 6.79. The molecule has 0 spiro atoms. The van der Waals surface area contributed by atoms with Gasteiger partial charge in [-0.05, 0) is 26.0 Å². The molecule has 1 aromatic rings. The molecule has 2 rings (SSSR count). The third-order valence-corrected chi connectivity index (χ3v) is 2.99. The van der Waals surface area contributed by atoms with Crippen molar-refractivity contribution in [1.29, 1.82) is 0 Å². The molecule has 0 saturated carbocycles. The molecule has 1 aromatic carbocycles. The second-order valence-electron chi connectivity index (χ2n) is 3.13. The van der Waals surface area contributed by atoms with Crippen molar-refractivity contribution in [3.63, 3.8) is 0 Å². The molecule has 78 valence electrons. The van der Waals surface area contributed by atoms with Gasteiger partial charge >= 0.3 is 0 Å². The lowest BCUT2D eigenvalue weighted by molar-refractivity contribution is 0.842. The SMILES string of the molecule is CC.CC(C)N1SNc2ccccc21. The van der Waals surface area contributed by atoms with E-state index in [0.717, 1.165) is 0 Å². The quantitative estimate of drug-likeness (QED) is 0.707. The molecule has 3 heteroatoms. The molecule has 0 unspecified atom stereocenters. The standard InChI is InChI=1S/C9H12N2S.C2H6/c1-7(2)11-9-6-4-3-5-8(9)10-12-11;1-2/h3-7,10H,1-2H3;1-2H3. The van der Waals surface area contributed by atoms with Crippen LogP contribution >= 0.6 is 12.1 Å². The van der Waals surface area contributed by atoms with Gasteiger partial charge < -0.3 is 4.72 Å². The predicted octanol–water partition coefficient (Wildman–Crippen LogP) is 3.92. The van der Waals surface area contributed by atoms with Gasteiger partial charge in [0, 0.05) is 6.04 Å². The van der Waals surface area contributed by atoms with Gasteiger partial charge in [-0.15, -0.1) is 0 Å². The Morgan fingerprint density at radius 1 is 1.21 bits per heavy atom. The lowest BCUT2D eigenvalue weighted by Crippen LogP contribution is -2.20. The van der Waals surface area contributed by atoms with Crippen molar-refractivity contribution in [3.8, 4) is 0 Å². The molecule has 14 heavy (non-hydrogen) atoms. The summed E-state index contributed by atoms with van der Waals surface area (Å²) in [6, 6.07) is 8.90. The summed E-state index contributed by atoms with van der Waals surface area (Å²) in [6.45, 7) is 8.38. The number of rotatable bonds is 1. The van der Waals surface area contributed by atoms with Crippen LogP contribution in [0, 0.1) is 0 Å². The van der Waals surface area contributed by atoms with Gasteiger partial charge in [-0.25, -0.2) is 0 Å². The highest BCUT2D eigenvalue weighted by Gasteiger charge is 2.20. The molecule has 0 saturated heterocycles. The first-order valence-corrected chi connectivity index (χ1v) is 5.87. The fourth-order valence-corrected chi connectivity index (χ4v) is 2.12. The van der Waals surface area contributed by atoms with E-state index in [9.17, 15) is 0 Å². The summed E-state index contributed by atoms with van der Waals surface area (Å²) >= 11 is 1.66. The molecule has 2 nitrogen and oxygen atoms in total. The third kappa shape index (κ3) is 2.15. The van der Waals surface area contributed by atoms with Crippen LogP contribution < -0.4 is 9.03 Å². The van der Waals surface area contributed by atoms with Gasteiger partial charge in [0.25, 0.3) is 0 Å². The number of fused-ring (bicyclic) bond motifs is 1. The van der Waals surface area contributed by atoms with Crippen LogP contribution in [0.4, 0.5) is 11.4 Å². The van der Waals surface area contributed by atoms with Crippen molar-refractivity contribution in [2.24, 2.45) is 0 Å². The maximum atomic E-state index is 3.27. The number of nitrogens with zero attached hydrogens (tertiary/aromatic N) is 1. The highest BCUT2D eigenvalue weighted by Crippen LogP contribution is 2.39. The number of para-hydroxylation sites is 2. The van der Waals surface area contributed by atoms with E-state index < -0.39 is 0 Å². The highest BCUT2D eigenvalue weighted by atomic mass is 32.2. The zero-order chi connectivity index (χ0) is 10.6. The zero-order valence-corrected chi connectivity index (χ0v) is 10.1. The highest BCUT2D eigenvalue weighted by molar-refractivity contribution is 8.02. The Morgan fingerprint density at radius 2 is 1.86 bits per heavy atom. The van der Waals surface area contributed by atoms with Crippen LogP contribution in [-0.2, 0) is 0 Å². The fourth-order valence-electron chi connectivity index (χ4n) is 1.28. The Labute approximate surface area is 91.0 Å². The Hall–Kier alpha value is -0.830. The van der Waals surface area contributed by atoms with Crippen molar-refractivity contribution in [3.05, 3.63) is 24.3 Å². The van der Waals surface area contributed by atoms with Crippen molar-refractivity contribution < 1.29 is 0 Å². The Kier molecular flexibility index (Phi) is 4.14. The second-order valence-corrected chi connectivity index (χ2v) is 3.91. The molecule has 0 aliphatic carbocycles. The van der Waals surface area contributed by atoms with E-state index in [1.807, 2.05) is 13.8 Å². The van der Waals surface area contributed by atoms with Crippen LogP contribution in [0.15, 0.2) is 24.3 Å². The minimum Gasteiger partial charge on any atom is -0.310 e. The van der Waals surface area contributed by atoms with Crippen LogP contribution in [0.2, 0.25) is 0 Å². The van der Waals surface area contributed by atoms with Gasteiger partial charge in [0.2, 0.25) is 0 Å². The van der Waals surface area contributed by atoms with Gasteiger partial charge in [0.1, 0.15) is 0 Å². The summed E-state index contributed by atoms with van der Waals surface area (Å²) in [5.41, 5.74) is 2.51. The first-order valence-electron chi connectivity index (χ1n) is 5.10. The number of anilines is 2. The Balaban J connectivity index is 0.000000461. The summed E-state index contributed by atoms with van der Waals surface area (Å²) in [6.07, 6.45) is 0. The van der Waals surface area contributed by atoms with Crippen LogP contribution in [0.1, 0.15) is 27.7 Å². The summed E-state index contributed by atoms with van der Waals surface area (Å²) in [4.78, 5) is 0. The van der Waals surface area contributed by atoms with E-state index in [0.29, 0.717) is 6.04 Å². The number of nitrogens with one attached hydrogen (secondary N) is 1. The minimum atomic E-state index is 0.533. The number of hydrogen-bond donors (Lipinski definition) is 1. The van der Waals surface area contributed by atoms with Crippen LogP contribution in [0.5, 0.6) is 0 Å². The van der Waals surface area contributed by atoms with Gasteiger partial charge in [-0.3, -0.25) is 4.31 Å². The van der Waals surface area contributed by atoms with E-state index in [-0.39, 0.29) is 0 Å². The van der Waals surface area contributed by atoms with Gasteiger partial charge in [-0.2, -0.15) is 0 Å². The molecule has 1 aliphatic rings. The van der Waals surface area contributed by atoms with Gasteiger partial charge in [0.15, 0.2) is 0 Å².